The molecule has 2 aromatic rings. The molecule has 1 amide bonds. The van der Waals surface area contributed by atoms with Crippen molar-refractivity contribution >= 4 is 28.6 Å². The van der Waals surface area contributed by atoms with Gasteiger partial charge in [-0.05, 0) is 36.1 Å². The predicted molar refractivity (Wildman–Crippen MR) is 79.1 cm³/mol. The molecule has 1 saturated heterocycles. The third-order valence-electron chi connectivity index (χ3n) is 3.32. The van der Waals surface area contributed by atoms with Crippen LogP contribution in [0.4, 0.5) is 0 Å². The van der Waals surface area contributed by atoms with Gasteiger partial charge in [0.1, 0.15) is 0 Å². The first kappa shape index (κ1) is 12.6. The van der Waals surface area contributed by atoms with E-state index < -0.39 is 0 Å². The number of thioether (sulfide) groups is 1. The molecule has 1 aliphatic heterocycles. The number of H-pyrrole nitrogens is 1. The molecule has 0 aliphatic carbocycles. The highest BCUT2D eigenvalue weighted by Crippen LogP contribution is 2.17. The monoisotopic (exact) mass is 275 g/mol. The van der Waals surface area contributed by atoms with Gasteiger partial charge in [0.25, 0.3) is 0 Å². The zero-order valence-corrected chi connectivity index (χ0v) is 11.6. The maximum Gasteiger partial charge on any atom is 0.238 e. The van der Waals surface area contributed by atoms with Crippen LogP contribution in [0.15, 0.2) is 24.3 Å². The summed E-state index contributed by atoms with van der Waals surface area (Å²) in [6, 6.07) is 8.32. The fourth-order valence-corrected chi connectivity index (χ4v) is 3.25. The van der Waals surface area contributed by atoms with Crippen LogP contribution in [0.3, 0.4) is 0 Å². The number of rotatable bonds is 3. The average molecular weight is 275 g/mol. The van der Waals surface area contributed by atoms with Crippen molar-refractivity contribution in [2.75, 3.05) is 11.6 Å². The van der Waals surface area contributed by atoms with Gasteiger partial charge in [-0.3, -0.25) is 10.1 Å². The third-order valence-corrected chi connectivity index (χ3v) is 4.26. The Labute approximate surface area is 116 Å². The second-order valence-electron chi connectivity index (χ2n) is 4.86. The molecule has 5 heteroatoms. The summed E-state index contributed by atoms with van der Waals surface area (Å²) in [5.74, 6) is 1.82. The number of hydrogen-bond donors (Lipinski definition) is 3. The molecule has 4 nitrogen and oxygen atoms in total. The van der Waals surface area contributed by atoms with Gasteiger partial charge < -0.3 is 10.3 Å². The maximum absolute atomic E-state index is 11.9. The van der Waals surface area contributed by atoms with Crippen LogP contribution in [0.2, 0.25) is 0 Å². The van der Waals surface area contributed by atoms with Crippen molar-refractivity contribution in [3.8, 4) is 0 Å². The summed E-state index contributed by atoms with van der Waals surface area (Å²) < 4.78 is 0. The minimum Gasteiger partial charge on any atom is -0.359 e. The number of amides is 1. The second-order valence-corrected chi connectivity index (χ2v) is 5.89. The van der Waals surface area contributed by atoms with Crippen molar-refractivity contribution < 1.29 is 4.79 Å². The van der Waals surface area contributed by atoms with E-state index in [1.807, 2.05) is 6.92 Å². The second kappa shape index (κ2) is 5.27. The molecule has 1 atom stereocenters. The zero-order valence-electron chi connectivity index (χ0n) is 10.8. The molecule has 1 aliphatic rings. The van der Waals surface area contributed by atoms with E-state index in [0.717, 1.165) is 28.4 Å². The van der Waals surface area contributed by atoms with E-state index >= 15 is 0 Å². The molecule has 0 radical (unpaired) electrons. The summed E-state index contributed by atoms with van der Waals surface area (Å²) in [5.41, 5.74) is 3.43. The number of fused-ring (bicyclic) bond motifs is 1. The van der Waals surface area contributed by atoms with E-state index in [0.29, 0.717) is 6.54 Å². The normalized spacial score (nSPS) is 18.9. The Morgan fingerprint density at radius 3 is 3.16 bits per heavy atom. The first-order valence-electron chi connectivity index (χ1n) is 6.39. The Morgan fingerprint density at radius 2 is 2.37 bits per heavy atom. The Balaban J connectivity index is 1.65. The van der Waals surface area contributed by atoms with E-state index in [-0.39, 0.29) is 11.9 Å². The van der Waals surface area contributed by atoms with Crippen LogP contribution in [-0.2, 0) is 11.3 Å². The molecule has 0 bridgehead atoms. The summed E-state index contributed by atoms with van der Waals surface area (Å²) >= 11 is 1.76. The van der Waals surface area contributed by atoms with Gasteiger partial charge in [0.05, 0.1) is 6.04 Å². The molecule has 1 unspecified atom stereocenters. The highest BCUT2D eigenvalue weighted by molar-refractivity contribution is 7.99. The number of nitrogens with one attached hydrogen (secondary N) is 3. The molecule has 3 rings (SSSR count). The average Bonchev–Trinajstić information content (AvgIpc) is 3.03. The van der Waals surface area contributed by atoms with E-state index in [4.69, 9.17) is 0 Å². The zero-order chi connectivity index (χ0) is 13.2. The molecule has 1 aromatic heterocycles. The SMILES string of the molecule is Cc1cc2cc(CNC(=O)C3CSCN3)ccc2[nH]1. The molecule has 1 fully saturated rings. The van der Waals surface area contributed by atoms with Gasteiger partial charge >= 0.3 is 0 Å². The lowest BCUT2D eigenvalue weighted by atomic mass is 10.1. The van der Waals surface area contributed by atoms with Crippen molar-refractivity contribution in [3.05, 3.63) is 35.5 Å². The smallest absolute Gasteiger partial charge is 0.238 e. The third kappa shape index (κ3) is 2.77. The van der Waals surface area contributed by atoms with Gasteiger partial charge in [-0.1, -0.05) is 6.07 Å². The maximum atomic E-state index is 11.9. The highest BCUT2D eigenvalue weighted by atomic mass is 32.2. The molecule has 0 saturated carbocycles. The lowest BCUT2D eigenvalue weighted by molar-refractivity contribution is -0.122. The Morgan fingerprint density at radius 1 is 1.47 bits per heavy atom. The van der Waals surface area contributed by atoms with Crippen molar-refractivity contribution in [2.24, 2.45) is 0 Å². The van der Waals surface area contributed by atoms with Crippen LogP contribution in [0.1, 0.15) is 11.3 Å². The molecule has 1 aromatic carbocycles. The molecule has 0 spiro atoms. The summed E-state index contributed by atoms with van der Waals surface area (Å²) in [5, 5.41) is 7.35. The lowest BCUT2D eigenvalue weighted by Crippen LogP contribution is -2.41. The largest absolute Gasteiger partial charge is 0.359 e. The summed E-state index contributed by atoms with van der Waals surface area (Å²) in [6.07, 6.45) is 0. The van der Waals surface area contributed by atoms with Crippen LogP contribution >= 0.6 is 11.8 Å². The van der Waals surface area contributed by atoms with Crippen LogP contribution in [0.5, 0.6) is 0 Å². The molecule has 2 heterocycles. The highest BCUT2D eigenvalue weighted by Gasteiger charge is 2.21. The van der Waals surface area contributed by atoms with Crippen LogP contribution in [-0.4, -0.2) is 28.6 Å². The Bertz CT molecular complexity index is 602. The number of aryl methyl sites for hydroxylation is 1. The first-order valence-corrected chi connectivity index (χ1v) is 7.55. The fourth-order valence-electron chi connectivity index (χ4n) is 2.31. The van der Waals surface area contributed by atoms with Crippen LogP contribution < -0.4 is 10.6 Å². The molecule has 100 valence electrons. The molecule has 19 heavy (non-hydrogen) atoms. The van der Waals surface area contributed by atoms with Crippen LogP contribution in [0, 0.1) is 6.92 Å². The predicted octanol–water partition coefficient (Wildman–Crippen LogP) is 1.76. The van der Waals surface area contributed by atoms with Gasteiger partial charge in [0.2, 0.25) is 5.91 Å². The van der Waals surface area contributed by atoms with E-state index in [1.54, 1.807) is 11.8 Å². The minimum absolute atomic E-state index is 0.0387. The number of carbonyl (C=O) groups is 1. The summed E-state index contributed by atoms with van der Waals surface area (Å²) in [7, 11) is 0. The van der Waals surface area contributed by atoms with Crippen LogP contribution in [0.25, 0.3) is 10.9 Å². The van der Waals surface area contributed by atoms with E-state index in [1.165, 1.54) is 5.39 Å². The number of aromatic nitrogens is 1. The van der Waals surface area contributed by atoms with E-state index in [2.05, 4.69) is 39.9 Å². The van der Waals surface area contributed by atoms with Crippen molar-refractivity contribution in [3.63, 3.8) is 0 Å². The summed E-state index contributed by atoms with van der Waals surface area (Å²) in [4.78, 5) is 15.2. The van der Waals surface area contributed by atoms with Gasteiger partial charge in [0, 0.05) is 29.4 Å². The van der Waals surface area contributed by atoms with Gasteiger partial charge in [-0.2, -0.15) is 0 Å². The fraction of sp³-hybridized carbons (Fsp3) is 0.357. The summed E-state index contributed by atoms with van der Waals surface area (Å²) in [6.45, 7) is 2.63. The molecular weight excluding hydrogens is 258 g/mol. The Kier molecular flexibility index (Phi) is 3.48. The van der Waals surface area contributed by atoms with E-state index in [9.17, 15) is 4.79 Å². The number of benzene rings is 1. The molecular formula is C14H17N3OS. The first-order chi connectivity index (χ1) is 9.22. The number of aromatic amines is 1. The number of carbonyl (C=O) groups excluding carboxylic acids is 1. The van der Waals surface area contributed by atoms with Gasteiger partial charge in [0.15, 0.2) is 0 Å². The Hall–Kier alpha value is -1.46. The lowest BCUT2D eigenvalue weighted by Gasteiger charge is -2.10. The number of hydrogen-bond acceptors (Lipinski definition) is 3. The quantitative estimate of drug-likeness (QED) is 0.800. The van der Waals surface area contributed by atoms with Gasteiger partial charge in [-0.25, -0.2) is 0 Å². The van der Waals surface area contributed by atoms with Crippen molar-refractivity contribution in [1.82, 2.24) is 15.6 Å². The van der Waals surface area contributed by atoms with Crippen molar-refractivity contribution in [1.29, 1.82) is 0 Å². The topological polar surface area (TPSA) is 56.9 Å². The van der Waals surface area contributed by atoms with Gasteiger partial charge in [-0.15, -0.1) is 11.8 Å². The standard InChI is InChI=1S/C14H17N3OS/c1-9-4-11-5-10(2-3-12(11)17-9)6-15-14(18)13-7-19-8-16-13/h2-5,13,16-17H,6-8H2,1H3,(H,15,18). The van der Waals surface area contributed by atoms with Crippen molar-refractivity contribution in [2.45, 2.75) is 19.5 Å². The minimum atomic E-state index is -0.0387. The molecule has 3 N–H and O–H groups in total.